The Bertz CT molecular complexity index is 479. The van der Waals surface area contributed by atoms with Crippen LogP contribution in [0.5, 0.6) is 0 Å². The molecular formula is C15H19Cl2NO2. The van der Waals surface area contributed by atoms with E-state index in [0.29, 0.717) is 29.4 Å². The Morgan fingerprint density at radius 1 is 1.30 bits per heavy atom. The third-order valence-corrected chi connectivity index (χ3v) is 4.54. The maximum absolute atomic E-state index is 11.8. The molecule has 0 aliphatic heterocycles. The van der Waals surface area contributed by atoms with Gasteiger partial charge in [0.2, 0.25) is 5.91 Å². The monoisotopic (exact) mass is 315 g/mol. The summed E-state index contributed by atoms with van der Waals surface area (Å²) in [6.45, 7) is 0.571. The van der Waals surface area contributed by atoms with Crippen molar-refractivity contribution in [2.45, 2.75) is 38.2 Å². The van der Waals surface area contributed by atoms with Crippen LogP contribution in [0.3, 0.4) is 0 Å². The Labute approximate surface area is 129 Å². The van der Waals surface area contributed by atoms with E-state index in [1.54, 1.807) is 12.1 Å². The molecule has 20 heavy (non-hydrogen) atoms. The van der Waals surface area contributed by atoms with Crippen LogP contribution < -0.4 is 5.32 Å². The van der Waals surface area contributed by atoms with Crippen LogP contribution in [0.2, 0.25) is 10.0 Å². The molecule has 1 aromatic rings. The summed E-state index contributed by atoms with van der Waals surface area (Å²) in [7, 11) is 0. The van der Waals surface area contributed by atoms with Gasteiger partial charge in [-0.3, -0.25) is 4.79 Å². The highest BCUT2D eigenvalue weighted by molar-refractivity contribution is 6.42. The molecule has 0 bridgehead atoms. The quantitative estimate of drug-likeness (QED) is 0.876. The van der Waals surface area contributed by atoms with Gasteiger partial charge >= 0.3 is 0 Å². The number of hydrogen-bond acceptors (Lipinski definition) is 2. The molecule has 2 atom stereocenters. The van der Waals surface area contributed by atoms with Gasteiger partial charge in [0, 0.05) is 18.9 Å². The zero-order valence-corrected chi connectivity index (χ0v) is 12.8. The van der Waals surface area contributed by atoms with Gasteiger partial charge < -0.3 is 10.4 Å². The summed E-state index contributed by atoms with van der Waals surface area (Å²) in [6, 6.07) is 5.41. The molecular weight excluding hydrogens is 297 g/mol. The van der Waals surface area contributed by atoms with Crippen molar-refractivity contribution in [3.05, 3.63) is 33.8 Å². The summed E-state index contributed by atoms with van der Waals surface area (Å²) in [4.78, 5) is 11.8. The average Bonchev–Trinajstić information content (AvgIpc) is 2.83. The van der Waals surface area contributed by atoms with E-state index in [9.17, 15) is 9.90 Å². The summed E-state index contributed by atoms with van der Waals surface area (Å²) >= 11 is 11.8. The highest BCUT2D eigenvalue weighted by Crippen LogP contribution is 2.25. The number of aliphatic hydroxyl groups excluding tert-OH is 1. The fraction of sp³-hybridized carbons (Fsp3) is 0.533. The van der Waals surface area contributed by atoms with E-state index < -0.39 is 0 Å². The Balaban J connectivity index is 1.73. The van der Waals surface area contributed by atoms with Crippen molar-refractivity contribution in [2.24, 2.45) is 5.92 Å². The van der Waals surface area contributed by atoms with E-state index in [0.717, 1.165) is 24.8 Å². The van der Waals surface area contributed by atoms with Gasteiger partial charge in [0.15, 0.2) is 0 Å². The number of carbonyl (C=O) groups is 1. The van der Waals surface area contributed by atoms with E-state index in [-0.39, 0.29) is 17.9 Å². The van der Waals surface area contributed by atoms with Crippen molar-refractivity contribution in [2.75, 3.05) is 6.54 Å². The van der Waals surface area contributed by atoms with Crippen LogP contribution >= 0.6 is 23.2 Å². The predicted molar refractivity (Wildman–Crippen MR) is 81.1 cm³/mol. The number of hydrogen-bond donors (Lipinski definition) is 2. The van der Waals surface area contributed by atoms with Crippen LogP contribution in [0.1, 0.15) is 31.2 Å². The Morgan fingerprint density at radius 2 is 2.10 bits per heavy atom. The fourth-order valence-electron chi connectivity index (χ4n) is 2.54. The summed E-state index contributed by atoms with van der Waals surface area (Å²) < 4.78 is 0. The van der Waals surface area contributed by atoms with Crippen LogP contribution in [-0.2, 0) is 11.2 Å². The first kappa shape index (κ1) is 15.6. The molecule has 2 rings (SSSR count). The maximum atomic E-state index is 11.8. The summed E-state index contributed by atoms with van der Waals surface area (Å²) in [5.41, 5.74) is 0.996. The van der Waals surface area contributed by atoms with Crippen LogP contribution in [0.25, 0.3) is 0 Å². The Kier molecular flexibility index (Phi) is 5.70. The molecule has 0 aromatic heterocycles. The lowest BCUT2D eigenvalue weighted by Gasteiger charge is -2.15. The lowest BCUT2D eigenvalue weighted by molar-refractivity contribution is -0.121. The van der Waals surface area contributed by atoms with Crippen molar-refractivity contribution in [3.8, 4) is 0 Å². The Hall–Kier alpha value is -0.770. The largest absolute Gasteiger partial charge is 0.393 e. The average molecular weight is 316 g/mol. The van der Waals surface area contributed by atoms with Crippen LogP contribution in [0, 0.1) is 5.92 Å². The zero-order valence-electron chi connectivity index (χ0n) is 11.2. The van der Waals surface area contributed by atoms with Crippen molar-refractivity contribution >= 4 is 29.1 Å². The number of rotatable bonds is 5. The Morgan fingerprint density at radius 3 is 2.75 bits per heavy atom. The summed E-state index contributed by atoms with van der Waals surface area (Å²) in [6.07, 6.45) is 3.69. The lowest BCUT2D eigenvalue weighted by Crippen LogP contribution is -2.32. The minimum absolute atomic E-state index is 0.00942. The maximum Gasteiger partial charge on any atom is 0.220 e. The second-order valence-corrected chi connectivity index (χ2v) is 6.13. The third-order valence-electron chi connectivity index (χ3n) is 3.81. The number of aliphatic hydroxyl groups is 1. The van der Waals surface area contributed by atoms with Gasteiger partial charge in [-0.25, -0.2) is 0 Å². The van der Waals surface area contributed by atoms with E-state index >= 15 is 0 Å². The van der Waals surface area contributed by atoms with Crippen molar-refractivity contribution < 1.29 is 9.90 Å². The van der Waals surface area contributed by atoms with Gasteiger partial charge in [-0.1, -0.05) is 35.7 Å². The number of benzene rings is 1. The van der Waals surface area contributed by atoms with Crippen LogP contribution in [-0.4, -0.2) is 23.7 Å². The minimum atomic E-state index is -0.259. The highest BCUT2D eigenvalue weighted by Gasteiger charge is 2.25. The molecule has 1 aliphatic rings. The number of carbonyl (C=O) groups excluding carboxylic acids is 1. The second kappa shape index (κ2) is 7.30. The van der Waals surface area contributed by atoms with Crippen molar-refractivity contribution in [3.63, 3.8) is 0 Å². The highest BCUT2D eigenvalue weighted by atomic mass is 35.5. The first-order valence-corrected chi connectivity index (χ1v) is 7.70. The molecule has 2 unspecified atom stereocenters. The third kappa shape index (κ3) is 4.37. The molecule has 1 saturated carbocycles. The predicted octanol–water partition coefficient (Wildman–Crippen LogP) is 3.20. The molecule has 2 N–H and O–H groups in total. The molecule has 0 spiro atoms. The second-order valence-electron chi connectivity index (χ2n) is 5.31. The van der Waals surface area contributed by atoms with E-state index in [2.05, 4.69) is 5.32 Å². The first-order valence-electron chi connectivity index (χ1n) is 6.95. The molecule has 5 heteroatoms. The molecule has 1 aromatic carbocycles. The molecule has 1 fully saturated rings. The van der Waals surface area contributed by atoms with Gasteiger partial charge in [-0.2, -0.15) is 0 Å². The molecule has 0 saturated heterocycles. The van der Waals surface area contributed by atoms with E-state index in [4.69, 9.17) is 23.2 Å². The molecule has 3 nitrogen and oxygen atoms in total. The van der Waals surface area contributed by atoms with Gasteiger partial charge in [-0.05, 0) is 37.0 Å². The zero-order chi connectivity index (χ0) is 14.5. The normalized spacial score (nSPS) is 21.9. The van der Waals surface area contributed by atoms with Gasteiger partial charge in [0.05, 0.1) is 16.1 Å². The first-order chi connectivity index (χ1) is 9.56. The van der Waals surface area contributed by atoms with Gasteiger partial charge in [0.25, 0.3) is 0 Å². The smallest absolute Gasteiger partial charge is 0.220 e. The topological polar surface area (TPSA) is 49.3 Å². The minimum Gasteiger partial charge on any atom is -0.393 e. The summed E-state index contributed by atoms with van der Waals surface area (Å²) in [5.74, 6) is 0.221. The molecule has 110 valence electrons. The summed E-state index contributed by atoms with van der Waals surface area (Å²) in [5, 5.41) is 13.6. The number of aryl methyl sites for hydroxylation is 1. The standard InChI is InChI=1S/C15H19Cl2NO2/c16-12-6-4-10(8-13(12)17)5-7-15(20)18-9-11-2-1-3-14(11)19/h4,6,8,11,14,19H,1-3,5,7,9H2,(H,18,20). The fourth-order valence-corrected chi connectivity index (χ4v) is 2.86. The van der Waals surface area contributed by atoms with Crippen molar-refractivity contribution in [1.29, 1.82) is 0 Å². The SMILES string of the molecule is O=C(CCc1ccc(Cl)c(Cl)c1)NCC1CCCC1O. The molecule has 0 heterocycles. The molecule has 1 aliphatic carbocycles. The number of halogens is 2. The number of nitrogens with one attached hydrogen (secondary N) is 1. The lowest BCUT2D eigenvalue weighted by atomic mass is 10.1. The van der Waals surface area contributed by atoms with E-state index in [1.165, 1.54) is 0 Å². The van der Waals surface area contributed by atoms with Crippen LogP contribution in [0.15, 0.2) is 18.2 Å². The molecule has 0 radical (unpaired) electrons. The van der Waals surface area contributed by atoms with Crippen molar-refractivity contribution in [1.82, 2.24) is 5.32 Å². The number of amides is 1. The van der Waals surface area contributed by atoms with Gasteiger partial charge in [-0.15, -0.1) is 0 Å². The van der Waals surface area contributed by atoms with Crippen LogP contribution in [0.4, 0.5) is 0 Å². The van der Waals surface area contributed by atoms with E-state index in [1.807, 2.05) is 6.07 Å². The van der Waals surface area contributed by atoms with Gasteiger partial charge in [0.1, 0.15) is 0 Å². The molecule has 1 amide bonds.